The molecule has 0 radical (unpaired) electrons. The van der Waals surface area contributed by atoms with Crippen LogP contribution < -0.4 is 10.2 Å². The van der Waals surface area contributed by atoms with Gasteiger partial charge in [0.15, 0.2) is 0 Å². The summed E-state index contributed by atoms with van der Waals surface area (Å²) in [5, 5.41) is 11.2. The molecule has 2 amide bonds. The molecule has 5 nitrogen and oxygen atoms in total. The third-order valence-electron chi connectivity index (χ3n) is 2.63. The zero-order chi connectivity index (χ0) is 13.5. The molecule has 0 spiro atoms. The highest BCUT2D eigenvalue weighted by atomic mass is 16.4. The molecule has 1 rings (SSSR count). The molecule has 2 N–H and O–H groups in total. The van der Waals surface area contributed by atoms with Crippen molar-refractivity contribution in [2.45, 2.75) is 19.8 Å². The van der Waals surface area contributed by atoms with E-state index in [1.807, 2.05) is 31.2 Å². The monoisotopic (exact) mass is 250 g/mol. The fourth-order valence-electron chi connectivity index (χ4n) is 1.60. The minimum atomic E-state index is -0.850. The predicted octanol–water partition coefficient (Wildman–Crippen LogP) is 2.01. The highest BCUT2D eigenvalue weighted by Crippen LogP contribution is 2.17. The second-order valence-electron chi connectivity index (χ2n) is 4.07. The van der Waals surface area contributed by atoms with Gasteiger partial charge in [-0.05, 0) is 25.0 Å². The minimum absolute atomic E-state index is 0.0638. The van der Waals surface area contributed by atoms with Crippen LogP contribution in [0.25, 0.3) is 0 Å². The van der Waals surface area contributed by atoms with Gasteiger partial charge in [0.2, 0.25) is 0 Å². The van der Waals surface area contributed by atoms with Gasteiger partial charge in [-0.3, -0.25) is 9.69 Å². The van der Waals surface area contributed by atoms with E-state index >= 15 is 0 Å². The van der Waals surface area contributed by atoms with E-state index < -0.39 is 5.97 Å². The van der Waals surface area contributed by atoms with Crippen LogP contribution in [0.4, 0.5) is 10.5 Å². The van der Waals surface area contributed by atoms with E-state index in [2.05, 4.69) is 5.32 Å². The topological polar surface area (TPSA) is 69.6 Å². The van der Waals surface area contributed by atoms with Crippen molar-refractivity contribution in [2.24, 2.45) is 0 Å². The summed E-state index contributed by atoms with van der Waals surface area (Å²) in [4.78, 5) is 23.7. The average Bonchev–Trinajstić information content (AvgIpc) is 2.34. The van der Waals surface area contributed by atoms with E-state index in [0.717, 1.165) is 11.3 Å². The number of amides is 2. The van der Waals surface area contributed by atoms with Crippen molar-refractivity contribution >= 4 is 17.7 Å². The second kappa shape index (κ2) is 6.64. The zero-order valence-corrected chi connectivity index (χ0v) is 10.6. The molecule has 5 heteroatoms. The summed E-state index contributed by atoms with van der Waals surface area (Å²) in [5.74, 6) is -0.850. The first-order chi connectivity index (χ1) is 8.52. The van der Waals surface area contributed by atoms with Crippen LogP contribution >= 0.6 is 0 Å². The number of para-hydroxylation sites is 1. The lowest BCUT2D eigenvalue weighted by Crippen LogP contribution is -2.38. The third-order valence-corrected chi connectivity index (χ3v) is 2.63. The second-order valence-corrected chi connectivity index (χ2v) is 4.07. The highest BCUT2D eigenvalue weighted by Gasteiger charge is 2.11. The van der Waals surface area contributed by atoms with E-state index in [4.69, 9.17) is 5.11 Å². The minimum Gasteiger partial charge on any atom is -0.481 e. The number of aliphatic carboxylic acids is 1. The number of aryl methyl sites for hydroxylation is 1. The Kier molecular flexibility index (Phi) is 5.17. The standard InChI is InChI=1S/C13H18N2O3/c1-10-6-3-4-7-11(10)15(2)13(18)14-9-5-8-12(16)17/h3-4,6-7H,5,8-9H2,1-2H3,(H,14,18)(H,16,17). The van der Waals surface area contributed by atoms with Crippen LogP contribution in [-0.2, 0) is 4.79 Å². The molecule has 0 saturated carbocycles. The first-order valence-corrected chi connectivity index (χ1v) is 5.81. The smallest absolute Gasteiger partial charge is 0.321 e. The van der Waals surface area contributed by atoms with Gasteiger partial charge in [-0.25, -0.2) is 4.79 Å². The number of nitrogens with zero attached hydrogens (tertiary/aromatic N) is 1. The van der Waals surface area contributed by atoms with Crippen LogP contribution in [0.5, 0.6) is 0 Å². The molecular formula is C13H18N2O3. The quantitative estimate of drug-likeness (QED) is 0.785. The normalized spacial score (nSPS) is 9.89. The van der Waals surface area contributed by atoms with Crippen molar-refractivity contribution in [1.82, 2.24) is 5.32 Å². The fraction of sp³-hybridized carbons (Fsp3) is 0.385. The van der Waals surface area contributed by atoms with Crippen LogP contribution in [0, 0.1) is 6.92 Å². The van der Waals surface area contributed by atoms with Crippen molar-refractivity contribution in [1.29, 1.82) is 0 Å². The molecular weight excluding hydrogens is 232 g/mol. The molecule has 0 heterocycles. The van der Waals surface area contributed by atoms with Crippen molar-refractivity contribution in [3.63, 3.8) is 0 Å². The highest BCUT2D eigenvalue weighted by molar-refractivity contribution is 5.92. The molecule has 0 atom stereocenters. The fourth-order valence-corrected chi connectivity index (χ4v) is 1.60. The number of nitrogens with one attached hydrogen (secondary N) is 1. The van der Waals surface area contributed by atoms with Gasteiger partial charge < -0.3 is 10.4 Å². The maximum absolute atomic E-state index is 11.8. The number of anilines is 1. The van der Waals surface area contributed by atoms with Gasteiger partial charge in [0.05, 0.1) is 0 Å². The van der Waals surface area contributed by atoms with Gasteiger partial charge in [-0.1, -0.05) is 18.2 Å². The molecule has 98 valence electrons. The van der Waals surface area contributed by atoms with Crippen molar-refractivity contribution < 1.29 is 14.7 Å². The number of benzene rings is 1. The summed E-state index contributed by atoms with van der Waals surface area (Å²) in [7, 11) is 1.69. The maximum atomic E-state index is 11.8. The van der Waals surface area contributed by atoms with Crippen molar-refractivity contribution in [2.75, 3.05) is 18.5 Å². The zero-order valence-electron chi connectivity index (χ0n) is 10.6. The average molecular weight is 250 g/mol. The summed E-state index contributed by atoms with van der Waals surface area (Å²) in [6.45, 7) is 2.30. The van der Waals surface area contributed by atoms with Gasteiger partial charge in [-0.2, -0.15) is 0 Å². The lowest BCUT2D eigenvalue weighted by atomic mass is 10.2. The number of carboxylic acid groups (broad SMARTS) is 1. The summed E-state index contributed by atoms with van der Waals surface area (Å²) in [6.07, 6.45) is 0.497. The molecule has 0 aliphatic rings. The maximum Gasteiger partial charge on any atom is 0.321 e. The largest absolute Gasteiger partial charge is 0.481 e. The lowest BCUT2D eigenvalue weighted by Gasteiger charge is -2.19. The Labute approximate surface area is 106 Å². The molecule has 1 aromatic carbocycles. The van der Waals surface area contributed by atoms with E-state index in [1.54, 1.807) is 7.05 Å². The molecule has 0 unspecified atom stereocenters. The molecule has 1 aromatic rings. The summed E-state index contributed by atoms with van der Waals surface area (Å²) >= 11 is 0. The number of rotatable bonds is 5. The van der Waals surface area contributed by atoms with Gasteiger partial charge in [0.25, 0.3) is 0 Å². The van der Waals surface area contributed by atoms with Gasteiger partial charge >= 0.3 is 12.0 Å². The first kappa shape index (κ1) is 14.0. The SMILES string of the molecule is Cc1ccccc1N(C)C(=O)NCCCC(=O)O. The van der Waals surface area contributed by atoms with Crippen LogP contribution in [0.1, 0.15) is 18.4 Å². The predicted molar refractivity (Wildman–Crippen MR) is 69.9 cm³/mol. The van der Waals surface area contributed by atoms with Gasteiger partial charge in [0.1, 0.15) is 0 Å². The summed E-state index contributed by atoms with van der Waals surface area (Å²) in [6, 6.07) is 7.36. The molecule has 0 aliphatic heterocycles. The number of carbonyl (C=O) groups excluding carboxylic acids is 1. The Morgan fingerprint density at radius 1 is 1.33 bits per heavy atom. The Balaban J connectivity index is 2.47. The first-order valence-electron chi connectivity index (χ1n) is 5.81. The van der Waals surface area contributed by atoms with E-state index in [1.165, 1.54) is 4.90 Å². The van der Waals surface area contributed by atoms with Gasteiger partial charge in [0, 0.05) is 25.7 Å². The van der Waals surface area contributed by atoms with Crippen LogP contribution in [0.2, 0.25) is 0 Å². The summed E-state index contributed by atoms with van der Waals surface area (Å²) < 4.78 is 0. The van der Waals surface area contributed by atoms with E-state index in [0.29, 0.717) is 13.0 Å². The molecule has 0 aromatic heterocycles. The Morgan fingerprint density at radius 3 is 2.61 bits per heavy atom. The van der Waals surface area contributed by atoms with Crippen LogP contribution in [0.15, 0.2) is 24.3 Å². The number of hydrogen-bond acceptors (Lipinski definition) is 2. The number of carbonyl (C=O) groups is 2. The van der Waals surface area contributed by atoms with Crippen LogP contribution in [-0.4, -0.2) is 30.7 Å². The molecule has 0 bridgehead atoms. The Bertz CT molecular complexity index is 432. The molecule has 18 heavy (non-hydrogen) atoms. The van der Waals surface area contributed by atoms with Crippen LogP contribution in [0.3, 0.4) is 0 Å². The van der Waals surface area contributed by atoms with E-state index in [-0.39, 0.29) is 12.5 Å². The number of hydrogen-bond donors (Lipinski definition) is 2. The van der Waals surface area contributed by atoms with Crippen molar-refractivity contribution in [3.05, 3.63) is 29.8 Å². The third kappa shape index (κ3) is 4.08. The summed E-state index contributed by atoms with van der Waals surface area (Å²) in [5.41, 5.74) is 1.86. The van der Waals surface area contributed by atoms with E-state index in [9.17, 15) is 9.59 Å². The molecule has 0 fully saturated rings. The number of carboxylic acids is 1. The van der Waals surface area contributed by atoms with Crippen molar-refractivity contribution in [3.8, 4) is 0 Å². The number of urea groups is 1. The van der Waals surface area contributed by atoms with Gasteiger partial charge in [-0.15, -0.1) is 0 Å². The Hall–Kier alpha value is -2.04. The molecule has 0 saturated heterocycles. The molecule has 0 aliphatic carbocycles. The Morgan fingerprint density at radius 2 is 2.00 bits per heavy atom. The lowest BCUT2D eigenvalue weighted by molar-refractivity contribution is -0.137.